The lowest BCUT2D eigenvalue weighted by atomic mass is 10.3. The molecule has 0 aromatic carbocycles. The number of anilines is 1. The second-order valence-corrected chi connectivity index (χ2v) is 5.66. The number of nitrogens with zero attached hydrogens (tertiary/aromatic N) is 2. The van der Waals surface area contributed by atoms with Crippen LogP contribution in [0, 0.1) is 6.92 Å². The lowest BCUT2D eigenvalue weighted by molar-refractivity contribution is 0.599. The van der Waals surface area contributed by atoms with Crippen LogP contribution in [0.15, 0.2) is 41.7 Å². The van der Waals surface area contributed by atoms with Crippen molar-refractivity contribution in [2.75, 3.05) is 4.72 Å². The van der Waals surface area contributed by atoms with Crippen molar-refractivity contribution in [1.82, 2.24) is 9.97 Å². The maximum Gasteiger partial charge on any atom is 0.263 e. The predicted molar refractivity (Wildman–Crippen MR) is 71.9 cm³/mol. The van der Waals surface area contributed by atoms with Gasteiger partial charge in [0.1, 0.15) is 4.90 Å². The number of hydrogen-bond acceptors (Lipinski definition) is 5. The van der Waals surface area contributed by atoms with Gasteiger partial charge in [0.2, 0.25) is 0 Å². The molecule has 3 N–H and O–H groups in total. The number of aryl methyl sites for hydroxylation is 1. The monoisotopic (exact) mass is 278 g/mol. The summed E-state index contributed by atoms with van der Waals surface area (Å²) in [4.78, 5) is 7.98. The van der Waals surface area contributed by atoms with Crippen molar-refractivity contribution in [3.8, 4) is 0 Å². The normalized spacial score (nSPS) is 11.3. The molecule has 0 amide bonds. The zero-order chi connectivity index (χ0) is 13.9. The van der Waals surface area contributed by atoms with Crippen LogP contribution in [0.25, 0.3) is 0 Å². The maximum absolute atomic E-state index is 12.3. The third-order valence-electron chi connectivity index (χ3n) is 2.46. The number of nitrogens with two attached hydrogens (primary N) is 1. The first-order valence-corrected chi connectivity index (χ1v) is 7.09. The van der Waals surface area contributed by atoms with E-state index >= 15 is 0 Å². The Kier molecular flexibility index (Phi) is 3.77. The number of pyridine rings is 2. The molecular formula is C12H14N4O2S. The van der Waals surface area contributed by atoms with Crippen LogP contribution in [0.5, 0.6) is 0 Å². The highest BCUT2D eigenvalue weighted by molar-refractivity contribution is 7.92. The maximum atomic E-state index is 12.3. The van der Waals surface area contributed by atoms with Crippen molar-refractivity contribution in [2.45, 2.75) is 18.4 Å². The topological polar surface area (TPSA) is 98.0 Å². The second-order valence-electron chi connectivity index (χ2n) is 4.01. The van der Waals surface area contributed by atoms with Crippen molar-refractivity contribution >= 4 is 15.7 Å². The lowest BCUT2D eigenvalue weighted by Gasteiger charge is -2.10. The molecule has 0 saturated carbocycles. The van der Waals surface area contributed by atoms with E-state index in [1.165, 1.54) is 18.5 Å². The summed E-state index contributed by atoms with van der Waals surface area (Å²) in [6.07, 6.45) is 4.60. The number of aromatic nitrogens is 2. The molecule has 2 aromatic rings. The summed E-state index contributed by atoms with van der Waals surface area (Å²) in [5.41, 5.74) is 7.10. The smallest absolute Gasteiger partial charge is 0.263 e. The fraction of sp³-hybridized carbons (Fsp3) is 0.167. The summed E-state index contributed by atoms with van der Waals surface area (Å²) in [6.45, 7) is 1.89. The Balaban J connectivity index is 2.38. The molecule has 0 atom stereocenters. The van der Waals surface area contributed by atoms with E-state index < -0.39 is 10.0 Å². The van der Waals surface area contributed by atoms with E-state index in [1.807, 2.05) is 6.92 Å². The molecular weight excluding hydrogens is 264 g/mol. The van der Waals surface area contributed by atoms with Gasteiger partial charge >= 0.3 is 0 Å². The minimum Gasteiger partial charge on any atom is -0.325 e. The van der Waals surface area contributed by atoms with Gasteiger partial charge in [0, 0.05) is 18.9 Å². The van der Waals surface area contributed by atoms with Gasteiger partial charge in [-0.15, -0.1) is 0 Å². The second kappa shape index (κ2) is 5.33. The van der Waals surface area contributed by atoms with Crippen LogP contribution in [0.1, 0.15) is 11.3 Å². The standard InChI is InChI=1S/C12H14N4O2S/c1-9-5-10(8-14-7-9)16-19(17,18)12-3-2-4-15-11(12)6-13/h2-5,7-8,16H,6,13H2,1H3. The molecule has 19 heavy (non-hydrogen) atoms. The molecule has 2 rings (SSSR count). The van der Waals surface area contributed by atoms with Gasteiger partial charge in [-0.1, -0.05) is 0 Å². The summed E-state index contributed by atoms with van der Waals surface area (Å²) < 4.78 is 27.0. The Labute approximate surface area is 111 Å². The minimum atomic E-state index is -3.71. The molecule has 0 radical (unpaired) electrons. The van der Waals surface area contributed by atoms with Crippen molar-refractivity contribution in [2.24, 2.45) is 5.73 Å². The molecule has 0 saturated heterocycles. The third kappa shape index (κ3) is 3.07. The molecule has 2 aromatic heterocycles. The minimum absolute atomic E-state index is 0.0587. The van der Waals surface area contributed by atoms with Crippen LogP contribution in [0.4, 0.5) is 5.69 Å². The van der Waals surface area contributed by atoms with Crippen LogP contribution in [0.2, 0.25) is 0 Å². The molecule has 100 valence electrons. The van der Waals surface area contributed by atoms with Gasteiger partial charge in [0.05, 0.1) is 17.6 Å². The van der Waals surface area contributed by atoms with E-state index in [0.29, 0.717) is 11.4 Å². The fourth-order valence-corrected chi connectivity index (χ4v) is 2.88. The van der Waals surface area contributed by atoms with Crippen LogP contribution >= 0.6 is 0 Å². The predicted octanol–water partition coefficient (Wildman–Crippen LogP) is 1.04. The van der Waals surface area contributed by atoms with Gasteiger partial charge < -0.3 is 5.73 Å². The summed E-state index contributed by atoms with van der Waals surface area (Å²) >= 11 is 0. The van der Waals surface area contributed by atoms with Crippen LogP contribution in [0.3, 0.4) is 0 Å². The first-order chi connectivity index (χ1) is 9.03. The Bertz CT molecular complexity index is 686. The Hall–Kier alpha value is -1.99. The molecule has 0 bridgehead atoms. The van der Waals surface area contributed by atoms with Crippen molar-refractivity contribution in [3.05, 3.63) is 48.0 Å². The van der Waals surface area contributed by atoms with Gasteiger partial charge in [-0.3, -0.25) is 14.7 Å². The summed E-state index contributed by atoms with van der Waals surface area (Å²) in [7, 11) is -3.71. The number of sulfonamides is 1. The lowest BCUT2D eigenvalue weighted by Crippen LogP contribution is -2.17. The molecule has 0 fully saturated rings. The highest BCUT2D eigenvalue weighted by Crippen LogP contribution is 2.17. The van der Waals surface area contributed by atoms with Crippen LogP contribution < -0.4 is 10.5 Å². The average Bonchev–Trinajstić information content (AvgIpc) is 2.38. The SMILES string of the molecule is Cc1cncc(NS(=O)(=O)c2cccnc2CN)c1. The van der Waals surface area contributed by atoms with Gasteiger partial charge in [0.15, 0.2) is 0 Å². The van der Waals surface area contributed by atoms with Crippen molar-refractivity contribution in [3.63, 3.8) is 0 Å². The quantitative estimate of drug-likeness (QED) is 0.871. The van der Waals surface area contributed by atoms with Gasteiger partial charge in [-0.25, -0.2) is 8.42 Å². The van der Waals surface area contributed by atoms with Crippen molar-refractivity contribution < 1.29 is 8.42 Å². The van der Waals surface area contributed by atoms with Gasteiger partial charge in [0.25, 0.3) is 10.0 Å². The fourth-order valence-electron chi connectivity index (χ4n) is 1.64. The van der Waals surface area contributed by atoms with Crippen LogP contribution in [-0.4, -0.2) is 18.4 Å². The largest absolute Gasteiger partial charge is 0.325 e. The average molecular weight is 278 g/mol. The number of hydrogen-bond donors (Lipinski definition) is 2. The highest BCUT2D eigenvalue weighted by Gasteiger charge is 2.18. The molecule has 0 aliphatic heterocycles. The van der Waals surface area contributed by atoms with E-state index in [0.717, 1.165) is 5.56 Å². The molecule has 0 unspecified atom stereocenters. The molecule has 0 aliphatic rings. The van der Waals surface area contributed by atoms with Crippen LogP contribution in [-0.2, 0) is 16.6 Å². The Morgan fingerprint density at radius 3 is 2.84 bits per heavy atom. The zero-order valence-corrected chi connectivity index (χ0v) is 11.2. The Morgan fingerprint density at radius 2 is 2.16 bits per heavy atom. The van der Waals surface area contributed by atoms with E-state index in [-0.39, 0.29) is 11.4 Å². The number of nitrogens with one attached hydrogen (secondary N) is 1. The molecule has 6 nitrogen and oxygen atoms in total. The number of rotatable bonds is 4. The molecule has 0 spiro atoms. The highest BCUT2D eigenvalue weighted by atomic mass is 32.2. The van der Waals surface area contributed by atoms with E-state index in [4.69, 9.17) is 5.73 Å². The Morgan fingerprint density at radius 1 is 1.37 bits per heavy atom. The first kappa shape index (κ1) is 13.4. The summed E-state index contributed by atoms with van der Waals surface area (Å²) in [6, 6.07) is 4.73. The summed E-state index contributed by atoms with van der Waals surface area (Å²) in [5, 5.41) is 0. The van der Waals surface area contributed by atoms with Gasteiger partial charge in [-0.2, -0.15) is 0 Å². The summed E-state index contributed by atoms with van der Waals surface area (Å²) in [5.74, 6) is 0. The molecule has 2 heterocycles. The van der Waals surface area contributed by atoms with E-state index in [9.17, 15) is 8.42 Å². The molecule has 7 heteroatoms. The first-order valence-electron chi connectivity index (χ1n) is 5.61. The zero-order valence-electron chi connectivity index (χ0n) is 10.4. The van der Waals surface area contributed by atoms with E-state index in [1.54, 1.807) is 18.3 Å². The van der Waals surface area contributed by atoms with E-state index in [2.05, 4.69) is 14.7 Å². The third-order valence-corrected chi connectivity index (χ3v) is 3.91. The molecule has 0 aliphatic carbocycles. The van der Waals surface area contributed by atoms with Gasteiger partial charge in [-0.05, 0) is 30.7 Å². The van der Waals surface area contributed by atoms with Crippen molar-refractivity contribution in [1.29, 1.82) is 0 Å².